The molecule has 1 N–H and O–H groups in total. The monoisotopic (exact) mass is 251 g/mol. The van der Waals surface area contributed by atoms with E-state index in [0.717, 1.165) is 16.7 Å². The summed E-state index contributed by atoms with van der Waals surface area (Å²) in [6.45, 7) is 3.98. The molecule has 2 heteroatoms. The molecule has 0 unspecified atom stereocenters. The first kappa shape index (κ1) is 13.1. The van der Waals surface area contributed by atoms with E-state index in [1.165, 1.54) is 0 Å². The van der Waals surface area contributed by atoms with Crippen molar-refractivity contribution in [2.24, 2.45) is 0 Å². The first-order valence-electron chi connectivity index (χ1n) is 6.26. The lowest BCUT2D eigenvalue weighted by molar-refractivity contribution is 0.0970. The molecule has 0 atom stereocenters. The molecule has 0 heterocycles. The fraction of sp³-hybridized carbons (Fsp3) is 0.118. The Morgan fingerprint density at radius 1 is 1.00 bits per heavy atom. The zero-order chi connectivity index (χ0) is 13.7. The summed E-state index contributed by atoms with van der Waals surface area (Å²) >= 11 is 0. The molecule has 0 aliphatic carbocycles. The van der Waals surface area contributed by atoms with Crippen LogP contribution in [-0.2, 0) is 0 Å². The van der Waals surface area contributed by atoms with Gasteiger partial charge >= 0.3 is 0 Å². The molecule has 0 radical (unpaired) electrons. The predicted molar refractivity (Wildman–Crippen MR) is 78.9 cm³/mol. The van der Waals surface area contributed by atoms with Crippen LogP contribution in [0.25, 0.3) is 6.08 Å². The molecule has 0 aliphatic heterocycles. The molecule has 0 aromatic heterocycles. The number of hydrogen-bond donors (Lipinski definition) is 1. The highest BCUT2D eigenvalue weighted by Gasteiger charge is 2.04. The molecular weight excluding hydrogens is 234 g/mol. The molecule has 2 aromatic carbocycles. The van der Waals surface area contributed by atoms with Gasteiger partial charge < -0.3 is 5.32 Å². The van der Waals surface area contributed by atoms with E-state index in [1.54, 1.807) is 6.20 Å². The third-order valence-electron chi connectivity index (χ3n) is 2.77. The fourth-order valence-corrected chi connectivity index (χ4v) is 1.97. The van der Waals surface area contributed by atoms with Crippen molar-refractivity contribution in [3.05, 3.63) is 77.0 Å². The molecule has 1 amide bonds. The quantitative estimate of drug-likeness (QED) is 0.885. The molecule has 96 valence electrons. The summed E-state index contributed by atoms with van der Waals surface area (Å²) in [5.41, 5.74) is 3.94. The number of hydrogen-bond acceptors (Lipinski definition) is 1. The zero-order valence-electron chi connectivity index (χ0n) is 11.2. The highest BCUT2D eigenvalue weighted by molar-refractivity contribution is 5.95. The standard InChI is InChI=1S/C17H17NO/c1-13-10-14(2)12-16(11-13)17(19)18-9-8-15-6-4-3-5-7-15/h3-12H,1-2H3,(H,18,19). The first-order chi connectivity index (χ1) is 9.15. The summed E-state index contributed by atoms with van der Waals surface area (Å²) in [5.74, 6) is -0.0843. The normalized spacial score (nSPS) is 10.6. The number of carbonyl (C=O) groups excluding carboxylic acids is 1. The maximum Gasteiger partial charge on any atom is 0.255 e. The summed E-state index contributed by atoms with van der Waals surface area (Å²) in [5, 5.41) is 2.78. The van der Waals surface area contributed by atoms with Gasteiger partial charge in [-0.3, -0.25) is 4.79 Å². The van der Waals surface area contributed by atoms with Crippen molar-refractivity contribution in [1.82, 2.24) is 5.32 Å². The molecule has 0 fully saturated rings. The maximum atomic E-state index is 12.0. The smallest absolute Gasteiger partial charge is 0.255 e. The van der Waals surface area contributed by atoms with Crippen LogP contribution in [0.5, 0.6) is 0 Å². The van der Waals surface area contributed by atoms with Crippen LogP contribution in [0.4, 0.5) is 0 Å². The van der Waals surface area contributed by atoms with Gasteiger partial charge in [-0.05, 0) is 37.6 Å². The Morgan fingerprint density at radius 2 is 1.63 bits per heavy atom. The summed E-state index contributed by atoms with van der Waals surface area (Å²) < 4.78 is 0. The van der Waals surface area contributed by atoms with E-state index in [-0.39, 0.29) is 5.91 Å². The van der Waals surface area contributed by atoms with Crippen molar-refractivity contribution in [3.8, 4) is 0 Å². The van der Waals surface area contributed by atoms with E-state index in [1.807, 2.05) is 62.4 Å². The van der Waals surface area contributed by atoms with Crippen molar-refractivity contribution in [2.45, 2.75) is 13.8 Å². The second kappa shape index (κ2) is 6.01. The van der Waals surface area contributed by atoms with E-state index in [2.05, 4.69) is 11.4 Å². The zero-order valence-corrected chi connectivity index (χ0v) is 11.2. The minimum atomic E-state index is -0.0843. The van der Waals surface area contributed by atoms with E-state index in [9.17, 15) is 4.79 Å². The van der Waals surface area contributed by atoms with Gasteiger partial charge in [0, 0.05) is 11.8 Å². The summed E-state index contributed by atoms with van der Waals surface area (Å²) in [6, 6.07) is 15.7. The van der Waals surface area contributed by atoms with E-state index < -0.39 is 0 Å². The van der Waals surface area contributed by atoms with Crippen LogP contribution >= 0.6 is 0 Å². The Labute approximate surface area is 113 Å². The topological polar surface area (TPSA) is 29.1 Å². The van der Waals surface area contributed by atoms with E-state index in [4.69, 9.17) is 0 Å². The van der Waals surface area contributed by atoms with Gasteiger partial charge in [-0.1, -0.05) is 47.5 Å². The van der Waals surface area contributed by atoms with Crippen LogP contribution in [0, 0.1) is 13.8 Å². The SMILES string of the molecule is Cc1cc(C)cc(C(=O)NC=Cc2ccccc2)c1. The molecule has 0 spiro atoms. The maximum absolute atomic E-state index is 12.0. The minimum Gasteiger partial charge on any atom is -0.329 e. The van der Waals surface area contributed by atoms with Crippen molar-refractivity contribution < 1.29 is 4.79 Å². The molecule has 0 saturated heterocycles. The van der Waals surface area contributed by atoms with E-state index in [0.29, 0.717) is 5.56 Å². The number of benzene rings is 2. The second-order valence-corrected chi connectivity index (χ2v) is 4.59. The van der Waals surface area contributed by atoms with Crippen LogP contribution in [0.3, 0.4) is 0 Å². The van der Waals surface area contributed by atoms with Gasteiger partial charge in [-0.15, -0.1) is 0 Å². The third kappa shape index (κ3) is 3.81. The van der Waals surface area contributed by atoms with Gasteiger partial charge in [0.2, 0.25) is 0 Å². The Bertz CT molecular complexity index is 580. The van der Waals surface area contributed by atoms with Gasteiger partial charge in [0.15, 0.2) is 0 Å². The average molecular weight is 251 g/mol. The van der Waals surface area contributed by atoms with Gasteiger partial charge in [0.05, 0.1) is 0 Å². The van der Waals surface area contributed by atoms with Crippen LogP contribution in [0.1, 0.15) is 27.0 Å². The number of nitrogens with one attached hydrogen (secondary N) is 1. The first-order valence-corrected chi connectivity index (χ1v) is 6.26. The second-order valence-electron chi connectivity index (χ2n) is 4.59. The summed E-state index contributed by atoms with van der Waals surface area (Å²) in [6.07, 6.45) is 3.55. The Hall–Kier alpha value is -2.35. The van der Waals surface area contributed by atoms with Crippen molar-refractivity contribution in [3.63, 3.8) is 0 Å². The molecule has 2 rings (SSSR count). The van der Waals surface area contributed by atoms with Gasteiger partial charge in [-0.2, -0.15) is 0 Å². The van der Waals surface area contributed by atoms with Gasteiger partial charge in [0.1, 0.15) is 0 Å². The Balaban J connectivity index is 2.03. The van der Waals surface area contributed by atoms with Gasteiger partial charge in [-0.25, -0.2) is 0 Å². The number of rotatable bonds is 3. The van der Waals surface area contributed by atoms with E-state index >= 15 is 0 Å². The van der Waals surface area contributed by atoms with Crippen LogP contribution in [-0.4, -0.2) is 5.91 Å². The van der Waals surface area contributed by atoms with Crippen molar-refractivity contribution in [1.29, 1.82) is 0 Å². The molecule has 19 heavy (non-hydrogen) atoms. The number of carbonyl (C=O) groups is 1. The fourth-order valence-electron chi connectivity index (χ4n) is 1.97. The lowest BCUT2D eigenvalue weighted by Gasteiger charge is -2.03. The lowest BCUT2D eigenvalue weighted by Crippen LogP contribution is -2.17. The van der Waals surface area contributed by atoms with Gasteiger partial charge in [0.25, 0.3) is 5.91 Å². The number of amides is 1. The van der Waals surface area contributed by atoms with Crippen LogP contribution < -0.4 is 5.32 Å². The third-order valence-corrected chi connectivity index (χ3v) is 2.77. The number of aryl methyl sites for hydroxylation is 2. The minimum absolute atomic E-state index is 0.0843. The van der Waals surface area contributed by atoms with Crippen LogP contribution in [0.15, 0.2) is 54.7 Å². The average Bonchev–Trinajstić information content (AvgIpc) is 2.38. The van der Waals surface area contributed by atoms with Crippen molar-refractivity contribution >= 4 is 12.0 Å². The lowest BCUT2D eigenvalue weighted by atomic mass is 10.1. The Kier molecular flexibility index (Phi) is 4.14. The highest BCUT2D eigenvalue weighted by atomic mass is 16.1. The molecule has 0 saturated carbocycles. The molecule has 2 nitrogen and oxygen atoms in total. The largest absolute Gasteiger partial charge is 0.329 e. The predicted octanol–water partition coefficient (Wildman–Crippen LogP) is 3.70. The summed E-state index contributed by atoms with van der Waals surface area (Å²) in [7, 11) is 0. The molecule has 2 aromatic rings. The summed E-state index contributed by atoms with van der Waals surface area (Å²) in [4.78, 5) is 12.0. The molecule has 0 bridgehead atoms. The van der Waals surface area contributed by atoms with Crippen molar-refractivity contribution in [2.75, 3.05) is 0 Å². The molecule has 0 aliphatic rings. The van der Waals surface area contributed by atoms with Crippen LogP contribution in [0.2, 0.25) is 0 Å². The highest BCUT2D eigenvalue weighted by Crippen LogP contribution is 2.08. The molecular formula is C17H17NO. The Morgan fingerprint density at radius 3 is 2.26 bits per heavy atom.